The largest absolute Gasteiger partial charge is 0.294 e. The molecular weight excluding hydrogens is 290 g/mol. The number of ketones is 1. The van der Waals surface area contributed by atoms with Gasteiger partial charge in [-0.1, -0.05) is 48.0 Å². The van der Waals surface area contributed by atoms with Crippen LogP contribution in [0.4, 0.5) is 0 Å². The number of Topliss-reactive ketones (excluding diaryl/α,β-unsaturated/α-hetero) is 1. The van der Waals surface area contributed by atoms with Crippen LogP contribution < -0.4 is 0 Å². The van der Waals surface area contributed by atoms with Crippen LogP contribution in [0.25, 0.3) is 0 Å². The number of rotatable bonds is 3. The highest BCUT2D eigenvalue weighted by Crippen LogP contribution is 2.32. The van der Waals surface area contributed by atoms with Gasteiger partial charge in [0.25, 0.3) is 5.91 Å². The molecule has 0 fully saturated rings. The summed E-state index contributed by atoms with van der Waals surface area (Å²) in [6.07, 6.45) is 0.0660. The number of amides is 2. The van der Waals surface area contributed by atoms with E-state index in [-0.39, 0.29) is 24.0 Å². The zero-order valence-corrected chi connectivity index (χ0v) is 13.1. The smallest absolute Gasteiger partial charge is 0.260 e. The van der Waals surface area contributed by atoms with E-state index in [0.29, 0.717) is 16.7 Å². The van der Waals surface area contributed by atoms with Crippen LogP contribution in [0.15, 0.2) is 48.5 Å². The van der Waals surface area contributed by atoms with Gasteiger partial charge in [-0.15, -0.1) is 0 Å². The van der Waals surface area contributed by atoms with Crippen LogP contribution in [0.5, 0.6) is 0 Å². The first kappa shape index (κ1) is 15.2. The number of aryl methyl sites for hydroxylation is 1. The van der Waals surface area contributed by atoms with Crippen LogP contribution in [0, 0.1) is 6.92 Å². The minimum Gasteiger partial charge on any atom is -0.294 e. The number of imide groups is 1. The molecule has 0 aliphatic carbocycles. The van der Waals surface area contributed by atoms with E-state index in [4.69, 9.17) is 0 Å². The van der Waals surface area contributed by atoms with Gasteiger partial charge in [0, 0.05) is 24.6 Å². The van der Waals surface area contributed by atoms with E-state index in [2.05, 4.69) is 0 Å². The highest BCUT2D eigenvalue weighted by molar-refractivity contribution is 6.13. The lowest BCUT2D eigenvalue weighted by atomic mass is 9.83. The van der Waals surface area contributed by atoms with Crippen LogP contribution in [0.3, 0.4) is 0 Å². The SMILES string of the molecule is Cc1ccc2c(c1)C(=O)N(C)C(=O)C2CC(=O)c1ccccc1. The molecule has 1 atom stereocenters. The molecule has 1 aliphatic heterocycles. The van der Waals surface area contributed by atoms with Crippen molar-refractivity contribution in [3.05, 3.63) is 70.8 Å². The minimum absolute atomic E-state index is 0.0660. The molecule has 2 aromatic carbocycles. The van der Waals surface area contributed by atoms with E-state index in [0.717, 1.165) is 10.5 Å². The average Bonchev–Trinajstić information content (AvgIpc) is 2.57. The standard InChI is InChI=1S/C19H17NO3/c1-12-8-9-14-15(10-12)18(22)20(2)19(23)16(14)11-17(21)13-6-4-3-5-7-13/h3-10,16H,11H2,1-2H3. The number of benzene rings is 2. The Kier molecular flexibility index (Phi) is 3.82. The molecule has 1 heterocycles. The van der Waals surface area contributed by atoms with Crippen molar-refractivity contribution in [1.82, 2.24) is 4.90 Å². The molecule has 4 nitrogen and oxygen atoms in total. The summed E-state index contributed by atoms with van der Waals surface area (Å²) < 4.78 is 0. The Morgan fingerprint density at radius 1 is 1.09 bits per heavy atom. The first-order valence-electron chi connectivity index (χ1n) is 7.49. The van der Waals surface area contributed by atoms with Gasteiger partial charge < -0.3 is 0 Å². The van der Waals surface area contributed by atoms with E-state index in [1.54, 1.807) is 36.4 Å². The predicted octanol–water partition coefficient (Wildman–Crippen LogP) is 2.96. The van der Waals surface area contributed by atoms with Gasteiger partial charge >= 0.3 is 0 Å². The first-order valence-corrected chi connectivity index (χ1v) is 7.49. The monoisotopic (exact) mass is 307 g/mol. The maximum absolute atomic E-state index is 12.5. The molecule has 1 aliphatic rings. The normalized spacial score (nSPS) is 17.1. The lowest BCUT2D eigenvalue weighted by molar-refractivity contribution is -0.129. The second-order valence-corrected chi connectivity index (χ2v) is 5.84. The molecule has 0 saturated carbocycles. The fourth-order valence-electron chi connectivity index (χ4n) is 2.93. The first-order chi connectivity index (χ1) is 11.0. The number of carbonyl (C=O) groups excluding carboxylic acids is 3. The van der Waals surface area contributed by atoms with E-state index < -0.39 is 5.92 Å². The molecule has 0 bridgehead atoms. The van der Waals surface area contributed by atoms with Crippen LogP contribution >= 0.6 is 0 Å². The number of nitrogens with zero attached hydrogens (tertiary/aromatic N) is 1. The molecule has 0 radical (unpaired) electrons. The van der Waals surface area contributed by atoms with E-state index >= 15 is 0 Å². The van der Waals surface area contributed by atoms with E-state index in [1.807, 2.05) is 19.1 Å². The Morgan fingerprint density at radius 3 is 2.48 bits per heavy atom. The fourth-order valence-corrected chi connectivity index (χ4v) is 2.93. The van der Waals surface area contributed by atoms with Gasteiger partial charge in [-0.25, -0.2) is 0 Å². The molecule has 2 amide bonds. The number of hydrogen-bond acceptors (Lipinski definition) is 3. The van der Waals surface area contributed by atoms with Crippen molar-refractivity contribution in [2.24, 2.45) is 0 Å². The van der Waals surface area contributed by atoms with Gasteiger partial charge in [0.05, 0.1) is 5.92 Å². The third kappa shape index (κ3) is 2.68. The van der Waals surface area contributed by atoms with Crippen molar-refractivity contribution in [3.8, 4) is 0 Å². The number of hydrogen-bond donors (Lipinski definition) is 0. The Morgan fingerprint density at radius 2 is 1.78 bits per heavy atom. The Bertz CT molecular complexity index is 796. The summed E-state index contributed by atoms with van der Waals surface area (Å²) in [6, 6.07) is 14.3. The molecule has 3 rings (SSSR count). The van der Waals surface area contributed by atoms with Gasteiger partial charge in [0.15, 0.2) is 5.78 Å². The Balaban J connectivity index is 1.99. The summed E-state index contributed by atoms with van der Waals surface area (Å²) in [4.78, 5) is 38.4. The zero-order valence-electron chi connectivity index (χ0n) is 13.1. The molecule has 0 spiro atoms. The molecule has 116 valence electrons. The number of likely N-dealkylation sites (N-methyl/N-ethyl adjacent to an activating group) is 1. The molecule has 2 aromatic rings. The van der Waals surface area contributed by atoms with Gasteiger partial charge in [0.1, 0.15) is 0 Å². The molecule has 0 N–H and O–H groups in total. The molecule has 0 aromatic heterocycles. The quantitative estimate of drug-likeness (QED) is 0.647. The van der Waals surface area contributed by atoms with Crippen molar-refractivity contribution in [3.63, 3.8) is 0 Å². The number of fused-ring (bicyclic) bond motifs is 1. The topological polar surface area (TPSA) is 54.5 Å². The van der Waals surface area contributed by atoms with Gasteiger partial charge in [0.2, 0.25) is 5.91 Å². The lowest BCUT2D eigenvalue weighted by Crippen LogP contribution is -2.42. The Labute approximate surface area is 134 Å². The zero-order chi connectivity index (χ0) is 16.6. The maximum Gasteiger partial charge on any atom is 0.260 e. The van der Waals surface area contributed by atoms with E-state index in [1.165, 1.54) is 7.05 Å². The molecule has 23 heavy (non-hydrogen) atoms. The van der Waals surface area contributed by atoms with Crippen molar-refractivity contribution in [2.45, 2.75) is 19.3 Å². The summed E-state index contributed by atoms with van der Waals surface area (Å²) in [5, 5.41) is 0. The maximum atomic E-state index is 12.5. The van der Waals surface area contributed by atoms with E-state index in [9.17, 15) is 14.4 Å². The highest BCUT2D eigenvalue weighted by atomic mass is 16.2. The van der Waals surface area contributed by atoms with Gasteiger partial charge in [-0.2, -0.15) is 0 Å². The second-order valence-electron chi connectivity index (χ2n) is 5.84. The summed E-state index contributed by atoms with van der Waals surface area (Å²) in [5.41, 5.74) is 2.69. The Hall–Kier alpha value is -2.75. The number of carbonyl (C=O) groups is 3. The van der Waals surface area contributed by atoms with Crippen LogP contribution in [-0.4, -0.2) is 29.5 Å². The summed E-state index contributed by atoms with van der Waals surface area (Å²) in [5.74, 6) is -1.34. The summed E-state index contributed by atoms with van der Waals surface area (Å²) >= 11 is 0. The summed E-state index contributed by atoms with van der Waals surface area (Å²) in [7, 11) is 1.47. The molecule has 1 unspecified atom stereocenters. The minimum atomic E-state index is -0.610. The van der Waals surface area contributed by atoms with Crippen LogP contribution in [0.2, 0.25) is 0 Å². The molecular formula is C19H17NO3. The average molecular weight is 307 g/mol. The predicted molar refractivity (Wildman–Crippen MR) is 86.4 cm³/mol. The van der Waals surface area contributed by atoms with Gasteiger partial charge in [-0.3, -0.25) is 19.3 Å². The fraction of sp³-hybridized carbons (Fsp3) is 0.211. The van der Waals surface area contributed by atoms with Gasteiger partial charge in [-0.05, 0) is 18.6 Å². The lowest BCUT2D eigenvalue weighted by Gasteiger charge is -2.30. The highest BCUT2D eigenvalue weighted by Gasteiger charge is 2.37. The van der Waals surface area contributed by atoms with Crippen molar-refractivity contribution in [2.75, 3.05) is 7.05 Å². The second kappa shape index (κ2) is 5.80. The van der Waals surface area contributed by atoms with Crippen molar-refractivity contribution in [1.29, 1.82) is 0 Å². The van der Waals surface area contributed by atoms with Crippen molar-refractivity contribution >= 4 is 17.6 Å². The third-order valence-corrected chi connectivity index (χ3v) is 4.23. The van der Waals surface area contributed by atoms with Crippen LogP contribution in [0.1, 0.15) is 44.2 Å². The summed E-state index contributed by atoms with van der Waals surface area (Å²) in [6.45, 7) is 1.90. The third-order valence-electron chi connectivity index (χ3n) is 4.23. The van der Waals surface area contributed by atoms with Crippen LogP contribution in [-0.2, 0) is 4.79 Å². The molecule has 0 saturated heterocycles. The van der Waals surface area contributed by atoms with Crippen molar-refractivity contribution < 1.29 is 14.4 Å². The molecule has 4 heteroatoms.